The van der Waals surface area contributed by atoms with Crippen LogP contribution in [0.25, 0.3) is 0 Å². The van der Waals surface area contributed by atoms with Crippen LogP contribution >= 0.6 is 0 Å². The van der Waals surface area contributed by atoms with Crippen molar-refractivity contribution in [3.05, 3.63) is 0 Å². The quantitative estimate of drug-likeness (QED) is 0.646. The normalized spacial score (nSPS) is 26.3. The maximum absolute atomic E-state index is 11.6. The van der Waals surface area contributed by atoms with Crippen molar-refractivity contribution < 1.29 is 24.2 Å². The molecule has 1 aliphatic rings. The van der Waals surface area contributed by atoms with Gasteiger partial charge in [-0.25, -0.2) is 9.59 Å². The predicted octanol–water partition coefficient (Wildman–Crippen LogP) is 0.492. The molecule has 1 saturated carbocycles. The minimum absolute atomic E-state index is 0.283. The number of rotatable bonds is 4. The molecule has 7 heteroatoms. The molecule has 1 aliphatic carbocycles. The lowest BCUT2D eigenvalue weighted by Gasteiger charge is -2.36. The minimum Gasteiger partial charge on any atom is -0.480 e. The maximum atomic E-state index is 11.6. The van der Waals surface area contributed by atoms with Crippen molar-refractivity contribution in [1.82, 2.24) is 10.6 Å². The molecule has 0 aromatic heterocycles. The van der Waals surface area contributed by atoms with Crippen LogP contribution in [0.4, 0.5) is 4.79 Å². The Morgan fingerprint density at radius 1 is 1.32 bits per heavy atom. The molecule has 0 aliphatic heterocycles. The van der Waals surface area contributed by atoms with E-state index in [2.05, 4.69) is 22.3 Å². The van der Waals surface area contributed by atoms with Crippen molar-refractivity contribution in [2.45, 2.75) is 38.1 Å². The zero-order chi connectivity index (χ0) is 14.5. The third kappa shape index (κ3) is 4.11. The Balaban J connectivity index is 2.57. The van der Waals surface area contributed by atoms with Gasteiger partial charge in [0.25, 0.3) is 0 Å². The van der Waals surface area contributed by atoms with Crippen molar-refractivity contribution >= 4 is 18.0 Å². The lowest BCUT2D eigenvalue weighted by Crippen LogP contribution is -2.59. The van der Waals surface area contributed by atoms with E-state index in [4.69, 9.17) is 0 Å². The fraction of sp³-hybridized carbons (Fsp3) is 0.750. The number of ether oxygens (including phenoxy) is 1. The third-order valence-electron chi connectivity index (χ3n) is 3.51. The topological polar surface area (TPSA) is 105 Å². The number of amides is 2. The van der Waals surface area contributed by atoms with Gasteiger partial charge in [-0.05, 0) is 31.6 Å². The molecule has 19 heavy (non-hydrogen) atoms. The Kier molecular flexibility index (Phi) is 5.14. The first-order chi connectivity index (χ1) is 8.89. The summed E-state index contributed by atoms with van der Waals surface area (Å²) in [4.78, 5) is 33.9. The van der Waals surface area contributed by atoms with Crippen molar-refractivity contribution in [3.63, 3.8) is 0 Å². The number of aliphatic carboxylic acids is 1. The van der Waals surface area contributed by atoms with E-state index in [0.29, 0.717) is 18.8 Å². The molecule has 7 nitrogen and oxygen atoms in total. The fourth-order valence-electron chi connectivity index (χ4n) is 2.13. The summed E-state index contributed by atoms with van der Waals surface area (Å²) in [5.74, 6) is -1.16. The second-order valence-corrected chi connectivity index (χ2v) is 4.95. The molecule has 0 unspecified atom stereocenters. The molecule has 3 N–H and O–H groups in total. The molecule has 0 spiro atoms. The average Bonchev–Trinajstić information content (AvgIpc) is 2.38. The second-order valence-electron chi connectivity index (χ2n) is 4.95. The summed E-state index contributed by atoms with van der Waals surface area (Å²) < 4.78 is 4.38. The Bertz CT molecular complexity index is 361. The van der Waals surface area contributed by atoms with Crippen LogP contribution in [0.3, 0.4) is 0 Å². The van der Waals surface area contributed by atoms with Crippen LogP contribution in [0.1, 0.15) is 32.6 Å². The average molecular weight is 272 g/mol. The molecule has 0 aromatic carbocycles. The largest absolute Gasteiger partial charge is 0.480 e. The van der Waals surface area contributed by atoms with E-state index < -0.39 is 23.5 Å². The Labute approximate surface area is 111 Å². The third-order valence-corrected chi connectivity index (χ3v) is 3.51. The van der Waals surface area contributed by atoms with Crippen LogP contribution in [-0.2, 0) is 14.3 Å². The van der Waals surface area contributed by atoms with Gasteiger partial charge in [0.15, 0.2) is 0 Å². The van der Waals surface area contributed by atoms with Crippen molar-refractivity contribution in [2.75, 3.05) is 13.7 Å². The zero-order valence-corrected chi connectivity index (χ0v) is 11.2. The Morgan fingerprint density at radius 3 is 2.37 bits per heavy atom. The van der Waals surface area contributed by atoms with Crippen LogP contribution in [0, 0.1) is 5.92 Å². The Morgan fingerprint density at radius 2 is 1.89 bits per heavy atom. The van der Waals surface area contributed by atoms with E-state index in [0.717, 1.165) is 12.8 Å². The highest BCUT2D eigenvalue weighted by molar-refractivity contribution is 5.87. The molecular weight excluding hydrogens is 252 g/mol. The van der Waals surface area contributed by atoms with Crippen LogP contribution in [0.2, 0.25) is 0 Å². The lowest BCUT2D eigenvalue weighted by molar-refractivity contribution is -0.146. The van der Waals surface area contributed by atoms with Gasteiger partial charge in [-0.1, -0.05) is 6.92 Å². The number of carboxylic acids is 1. The number of esters is 1. The van der Waals surface area contributed by atoms with Gasteiger partial charge in [0.2, 0.25) is 0 Å². The van der Waals surface area contributed by atoms with Gasteiger partial charge >= 0.3 is 18.0 Å². The van der Waals surface area contributed by atoms with Crippen LogP contribution in [0.5, 0.6) is 0 Å². The molecule has 0 atom stereocenters. The summed E-state index contributed by atoms with van der Waals surface area (Å²) in [5, 5.41) is 14.1. The molecule has 0 radical (unpaired) electrons. The van der Waals surface area contributed by atoms with E-state index in [-0.39, 0.29) is 6.54 Å². The number of methoxy groups -OCH3 is 1. The molecule has 1 fully saturated rings. The summed E-state index contributed by atoms with van der Waals surface area (Å²) in [6, 6.07) is -0.664. The van der Waals surface area contributed by atoms with E-state index in [1.807, 2.05) is 0 Å². The smallest absolute Gasteiger partial charge is 0.329 e. The number of nitrogens with one attached hydrogen (secondary N) is 2. The highest BCUT2D eigenvalue weighted by atomic mass is 16.5. The van der Waals surface area contributed by atoms with Gasteiger partial charge in [0.1, 0.15) is 12.1 Å². The fourth-order valence-corrected chi connectivity index (χ4v) is 2.13. The summed E-state index contributed by atoms with van der Waals surface area (Å²) in [5.41, 5.74) is -1.23. The minimum atomic E-state index is -1.23. The van der Waals surface area contributed by atoms with Gasteiger partial charge in [-0.3, -0.25) is 4.79 Å². The maximum Gasteiger partial charge on any atom is 0.329 e. The highest BCUT2D eigenvalue weighted by Crippen LogP contribution is 2.32. The second kappa shape index (κ2) is 6.40. The number of carbonyl (C=O) groups excluding carboxylic acids is 2. The first-order valence-corrected chi connectivity index (χ1v) is 6.26. The van der Waals surface area contributed by atoms with E-state index in [1.165, 1.54) is 7.11 Å². The number of hydrogen-bond acceptors (Lipinski definition) is 4. The molecule has 1 rings (SSSR count). The van der Waals surface area contributed by atoms with Gasteiger partial charge in [-0.15, -0.1) is 0 Å². The van der Waals surface area contributed by atoms with E-state index in [1.54, 1.807) is 0 Å². The van der Waals surface area contributed by atoms with Crippen molar-refractivity contribution in [1.29, 1.82) is 0 Å². The monoisotopic (exact) mass is 272 g/mol. The van der Waals surface area contributed by atoms with Gasteiger partial charge in [-0.2, -0.15) is 0 Å². The van der Waals surface area contributed by atoms with E-state index in [9.17, 15) is 19.5 Å². The van der Waals surface area contributed by atoms with Crippen molar-refractivity contribution in [2.24, 2.45) is 5.92 Å². The number of urea groups is 1. The molecule has 2 amide bonds. The van der Waals surface area contributed by atoms with Crippen LogP contribution in [0.15, 0.2) is 0 Å². The molecule has 0 heterocycles. The first-order valence-electron chi connectivity index (χ1n) is 6.26. The highest BCUT2D eigenvalue weighted by Gasteiger charge is 2.42. The van der Waals surface area contributed by atoms with Crippen LogP contribution in [-0.4, -0.2) is 42.3 Å². The van der Waals surface area contributed by atoms with Gasteiger partial charge in [0, 0.05) is 0 Å². The van der Waals surface area contributed by atoms with Crippen LogP contribution < -0.4 is 10.6 Å². The SMILES string of the molecule is COC(=O)CNC(=O)NC1(C(=O)O)CCC(C)CC1. The number of hydrogen-bond donors (Lipinski definition) is 3. The summed E-state index contributed by atoms with van der Waals surface area (Å²) in [7, 11) is 1.21. The molecular formula is C12H20N2O5. The summed E-state index contributed by atoms with van der Waals surface area (Å²) in [6.07, 6.45) is 2.30. The molecule has 108 valence electrons. The summed E-state index contributed by atoms with van der Waals surface area (Å²) in [6.45, 7) is 1.78. The molecule has 0 bridgehead atoms. The predicted molar refractivity (Wildman–Crippen MR) is 66.5 cm³/mol. The standard InChI is InChI=1S/C12H20N2O5/c1-8-3-5-12(6-4-8,10(16)17)14-11(18)13-7-9(15)19-2/h8H,3-7H2,1-2H3,(H,16,17)(H2,13,14,18). The summed E-state index contributed by atoms with van der Waals surface area (Å²) >= 11 is 0. The Hall–Kier alpha value is -1.79. The number of carbonyl (C=O) groups is 3. The van der Waals surface area contributed by atoms with Crippen molar-refractivity contribution in [3.8, 4) is 0 Å². The number of carboxylic acid groups (broad SMARTS) is 1. The van der Waals surface area contributed by atoms with Gasteiger partial charge < -0.3 is 20.5 Å². The van der Waals surface area contributed by atoms with Gasteiger partial charge in [0.05, 0.1) is 7.11 Å². The van der Waals surface area contributed by atoms with E-state index >= 15 is 0 Å². The molecule has 0 saturated heterocycles. The molecule has 0 aromatic rings. The lowest BCUT2D eigenvalue weighted by atomic mass is 9.77. The first kappa shape index (κ1) is 15.3. The zero-order valence-electron chi connectivity index (χ0n) is 11.2.